The van der Waals surface area contributed by atoms with Crippen LogP contribution in [0.3, 0.4) is 0 Å². The summed E-state index contributed by atoms with van der Waals surface area (Å²) in [6.07, 6.45) is 6.44. The van der Waals surface area contributed by atoms with E-state index >= 15 is 0 Å². The Morgan fingerprint density at radius 2 is 2.35 bits per heavy atom. The maximum atomic E-state index is 5.62. The van der Waals surface area contributed by atoms with E-state index in [9.17, 15) is 0 Å². The lowest BCUT2D eigenvalue weighted by atomic mass is 10.0. The van der Waals surface area contributed by atoms with Crippen LogP contribution in [0, 0.1) is 6.92 Å². The molecule has 0 amide bonds. The molecule has 0 saturated carbocycles. The third-order valence-corrected chi connectivity index (χ3v) is 2.82. The van der Waals surface area contributed by atoms with Crippen molar-refractivity contribution in [1.29, 1.82) is 0 Å². The van der Waals surface area contributed by atoms with Gasteiger partial charge in [0.2, 0.25) is 0 Å². The number of pyridine rings is 1. The Bertz CT molecular complexity index is 491. The molecule has 1 unspecified atom stereocenters. The van der Waals surface area contributed by atoms with Gasteiger partial charge in [0.1, 0.15) is 0 Å². The lowest BCUT2D eigenvalue weighted by Gasteiger charge is -2.16. The van der Waals surface area contributed by atoms with Gasteiger partial charge in [0.05, 0.1) is 12.2 Å². The van der Waals surface area contributed by atoms with Crippen LogP contribution < -0.4 is 11.3 Å². The molecule has 0 aromatic carbocycles. The van der Waals surface area contributed by atoms with Gasteiger partial charge < -0.3 is 0 Å². The Morgan fingerprint density at radius 3 is 2.94 bits per heavy atom. The molecule has 0 aliphatic carbocycles. The molecule has 2 aromatic rings. The fourth-order valence-corrected chi connectivity index (χ4v) is 1.94. The van der Waals surface area contributed by atoms with E-state index in [-0.39, 0.29) is 6.04 Å². The van der Waals surface area contributed by atoms with Gasteiger partial charge in [0, 0.05) is 25.1 Å². The number of hydrazine groups is 1. The van der Waals surface area contributed by atoms with Crippen LogP contribution >= 0.6 is 0 Å². The van der Waals surface area contributed by atoms with Crippen molar-refractivity contribution in [3.8, 4) is 0 Å². The second-order valence-electron chi connectivity index (χ2n) is 4.12. The van der Waals surface area contributed by atoms with Crippen molar-refractivity contribution in [3.63, 3.8) is 0 Å². The van der Waals surface area contributed by atoms with Gasteiger partial charge in [-0.1, -0.05) is 6.07 Å². The van der Waals surface area contributed by atoms with Gasteiger partial charge in [0.15, 0.2) is 0 Å². The van der Waals surface area contributed by atoms with Crippen molar-refractivity contribution < 1.29 is 0 Å². The lowest BCUT2D eigenvalue weighted by Crippen LogP contribution is -2.30. The van der Waals surface area contributed by atoms with Crippen LogP contribution in [0.4, 0.5) is 0 Å². The van der Waals surface area contributed by atoms with Crippen molar-refractivity contribution >= 4 is 0 Å². The van der Waals surface area contributed by atoms with Gasteiger partial charge in [-0.15, -0.1) is 0 Å². The number of rotatable bonds is 4. The lowest BCUT2D eigenvalue weighted by molar-refractivity contribution is 0.547. The number of aromatic nitrogens is 3. The average Bonchev–Trinajstić information content (AvgIpc) is 2.73. The van der Waals surface area contributed by atoms with E-state index in [1.54, 1.807) is 10.9 Å². The van der Waals surface area contributed by atoms with Gasteiger partial charge in [-0.05, 0) is 30.5 Å². The number of hydrogen-bond donors (Lipinski definition) is 2. The number of aryl methyl sites for hydroxylation is 2. The van der Waals surface area contributed by atoms with Crippen LogP contribution in [-0.4, -0.2) is 14.8 Å². The minimum atomic E-state index is 0.0629. The first-order chi connectivity index (χ1) is 8.20. The van der Waals surface area contributed by atoms with Crippen LogP contribution in [0.1, 0.15) is 22.9 Å². The maximum absolute atomic E-state index is 5.62. The van der Waals surface area contributed by atoms with Crippen molar-refractivity contribution in [3.05, 3.63) is 47.5 Å². The van der Waals surface area contributed by atoms with Gasteiger partial charge in [-0.2, -0.15) is 5.10 Å². The molecular formula is C12H17N5. The molecular weight excluding hydrogens is 214 g/mol. The Morgan fingerprint density at radius 1 is 1.53 bits per heavy atom. The van der Waals surface area contributed by atoms with Crippen molar-refractivity contribution in [2.24, 2.45) is 12.9 Å². The zero-order valence-electron chi connectivity index (χ0n) is 10.1. The van der Waals surface area contributed by atoms with E-state index in [1.807, 2.05) is 38.5 Å². The van der Waals surface area contributed by atoms with E-state index in [4.69, 9.17) is 5.84 Å². The molecule has 0 radical (unpaired) electrons. The summed E-state index contributed by atoms with van der Waals surface area (Å²) in [5.74, 6) is 5.62. The summed E-state index contributed by atoms with van der Waals surface area (Å²) in [6, 6.07) is 4.03. The van der Waals surface area contributed by atoms with Crippen LogP contribution in [-0.2, 0) is 13.5 Å². The second kappa shape index (κ2) is 5.07. The van der Waals surface area contributed by atoms with Gasteiger partial charge >= 0.3 is 0 Å². The molecule has 0 fully saturated rings. The third kappa shape index (κ3) is 2.69. The molecule has 0 aliphatic rings. The molecule has 2 heterocycles. The molecule has 5 nitrogen and oxygen atoms in total. The first kappa shape index (κ1) is 11.8. The number of nitrogens with one attached hydrogen (secondary N) is 1. The molecule has 3 N–H and O–H groups in total. The molecule has 0 saturated heterocycles. The van der Waals surface area contributed by atoms with Crippen LogP contribution in [0.2, 0.25) is 0 Å². The molecule has 5 heteroatoms. The van der Waals surface area contributed by atoms with Gasteiger partial charge in [-0.3, -0.25) is 20.9 Å². The molecule has 17 heavy (non-hydrogen) atoms. The molecule has 0 bridgehead atoms. The minimum Gasteiger partial charge on any atom is -0.276 e. The first-order valence-corrected chi connectivity index (χ1v) is 5.56. The highest BCUT2D eigenvalue weighted by Gasteiger charge is 2.13. The second-order valence-corrected chi connectivity index (χ2v) is 4.12. The molecule has 0 aliphatic heterocycles. The summed E-state index contributed by atoms with van der Waals surface area (Å²) >= 11 is 0. The summed E-state index contributed by atoms with van der Waals surface area (Å²) < 4.78 is 1.79. The molecule has 1 atom stereocenters. The Balaban J connectivity index is 2.20. The quantitative estimate of drug-likeness (QED) is 0.605. The van der Waals surface area contributed by atoms with Gasteiger partial charge in [0.25, 0.3) is 0 Å². The highest BCUT2D eigenvalue weighted by molar-refractivity contribution is 5.24. The fraction of sp³-hybridized carbons (Fsp3) is 0.333. The van der Waals surface area contributed by atoms with Crippen molar-refractivity contribution in [2.45, 2.75) is 19.4 Å². The Labute approximate surface area is 101 Å². The van der Waals surface area contributed by atoms with Crippen molar-refractivity contribution in [1.82, 2.24) is 20.2 Å². The summed E-state index contributed by atoms with van der Waals surface area (Å²) in [5, 5.41) is 4.15. The molecule has 2 aromatic heterocycles. The van der Waals surface area contributed by atoms with E-state index in [2.05, 4.69) is 15.5 Å². The van der Waals surface area contributed by atoms with E-state index in [1.165, 1.54) is 0 Å². The summed E-state index contributed by atoms with van der Waals surface area (Å²) in [5.41, 5.74) is 6.11. The van der Waals surface area contributed by atoms with E-state index in [0.717, 1.165) is 23.2 Å². The maximum Gasteiger partial charge on any atom is 0.0522 e. The van der Waals surface area contributed by atoms with Crippen LogP contribution in [0.15, 0.2) is 30.7 Å². The summed E-state index contributed by atoms with van der Waals surface area (Å²) in [7, 11) is 1.91. The molecule has 90 valence electrons. The molecule has 0 spiro atoms. The van der Waals surface area contributed by atoms with E-state index < -0.39 is 0 Å². The van der Waals surface area contributed by atoms with E-state index in [0.29, 0.717) is 0 Å². The number of nitrogens with two attached hydrogens (primary N) is 1. The smallest absolute Gasteiger partial charge is 0.0522 e. The zero-order valence-corrected chi connectivity index (χ0v) is 10.1. The zero-order chi connectivity index (χ0) is 12.3. The number of nitrogens with zero attached hydrogens (tertiary/aromatic N) is 3. The van der Waals surface area contributed by atoms with Crippen LogP contribution in [0.5, 0.6) is 0 Å². The van der Waals surface area contributed by atoms with Gasteiger partial charge in [-0.25, -0.2) is 0 Å². The SMILES string of the molecule is Cc1ncccc1C(Cc1cnn(C)c1)NN. The largest absolute Gasteiger partial charge is 0.276 e. The van der Waals surface area contributed by atoms with Crippen LogP contribution in [0.25, 0.3) is 0 Å². The summed E-state index contributed by atoms with van der Waals surface area (Å²) in [6.45, 7) is 1.99. The topological polar surface area (TPSA) is 68.8 Å². The predicted octanol–water partition coefficient (Wildman–Crippen LogP) is 0.871. The normalized spacial score (nSPS) is 12.6. The Hall–Kier alpha value is -1.72. The third-order valence-electron chi connectivity index (χ3n) is 2.82. The van der Waals surface area contributed by atoms with Crippen molar-refractivity contribution in [2.75, 3.05) is 0 Å². The average molecular weight is 231 g/mol. The highest BCUT2D eigenvalue weighted by Crippen LogP contribution is 2.19. The Kier molecular flexibility index (Phi) is 3.51. The standard InChI is InChI=1S/C12H17N5/c1-9-11(4-3-5-14-9)12(16-13)6-10-7-15-17(2)8-10/h3-5,7-8,12,16H,6,13H2,1-2H3. The highest BCUT2D eigenvalue weighted by atomic mass is 15.2. The fourth-order valence-electron chi connectivity index (χ4n) is 1.94. The predicted molar refractivity (Wildman–Crippen MR) is 66.0 cm³/mol. The monoisotopic (exact) mass is 231 g/mol. The number of hydrogen-bond acceptors (Lipinski definition) is 4. The first-order valence-electron chi connectivity index (χ1n) is 5.56. The minimum absolute atomic E-state index is 0.0629. The molecule has 2 rings (SSSR count). The summed E-state index contributed by atoms with van der Waals surface area (Å²) in [4.78, 5) is 4.28.